The van der Waals surface area contributed by atoms with Crippen molar-refractivity contribution in [2.45, 2.75) is 17.9 Å². The van der Waals surface area contributed by atoms with Crippen LogP contribution in [0, 0.1) is 0 Å². The molecule has 0 amide bonds. The lowest BCUT2D eigenvalue weighted by atomic mass is 10.5. The molecule has 1 rings (SSSR count). The molecule has 5 heteroatoms. The summed E-state index contributed by atoms with van der Waals surface area (Å²) in [6.07, 6.45) is 1.93. The third-order valence-electron chi connectivity index (χ3n) is 1.50. The Balaban J connectivity index is 2.33. The molecule has 4 nitrogen and oxygen atoms in total. The van der Waals surface area contributed by atoms with Crippen LogP contribution in [0.2, 0.25) is 0 Å². The van der Waals surface area contributed by atoms with Gasteiger partial charge in [0.2, 0.25) is 0 Å². The zero-order valence-corrected chi connectivity index (χ0v) is 8.21. The number of aryl methyl sites for hydroxylation is 1. The highest BCUT2D eigenvalue weighted by Crippen LogP contribution is 2.14. The molecule has 1 aromatic heterocycles. The zero-order chi connectivity index (χ0) is 8.97. The Morgan fingerprint density at radius 1 is 1.75 bits per heavy atom. The summed E-state index contributed by atoms with van der Waals surface area (Å²) in [4.78, 5) is 0. The van der Waals surface area contributed by atoms with Gasteiger partial charge in [-0.05, 0) is 0 Å². The third-order valence-corrected chi connectivity index (χ3v) is 2.72. The molecule has 68 valence electrons. The Bertz CT molecular complexity index is 235. The molecule has 1 heterocycles. The second-order valence-electron chi connectivity index (χ2n) is 2.74. The average Bonchev–Trinajstić information content (AvgIpc) is 2.47. The highest BCUT2D eigenvalue weighted by molar-refractivity contribution is 7.99. The summed E-state index contributed by atoms with van der Waals surface area (Å²) in [6, 6.07) is 0. The second kappa shape index (κ2) is 4.47. The highest BCUT2D eigenvalue weighted by Gasteiger charge is 2.02. The smallest absolute Gasteiger partial charge is 0.0925 e. The SMILES string of the molecule is CC(CN)SCc1cn(C)nn1. The molecular formula is C7H14N4S. The molecule has 0 aliphatic heterocycles. The standard InChI is InChI=1S/C7H14N4S/c1-6(3-8)12-5-7-4-11(2)10-9-7/h4,6H,3,5,8H2,1-2H3. The topological polar surface area (TPSA) is 56.7 Å². The van der Waals surface area contributed by atoms with Gasteiger partial charge >= 0.3 is 0 Å². The molecule has 0 bridgehead atoms. The van der Waals surface area contributed by atoms with E-state index in [9.17, 15) is 0 Å². The van der Waals surface area contributed by atoms with Gasteiger partial charge in [-0.1, -0.05) is 12.1 Å². The Morgan fingerprint density at radius 3 is 3.00 bits per heavy atom. The van der Waals surface area contributed by atoms with Gasteiger partial charge in [0.15, 0.2) is 0 Å². The highest BCUT2D eigenvalue weighted by atomic mass is 32.2. The fourth-order valence-corrected chi connectivity index (χ4v) is 1.48. The molecular weight excluding hydrogens is 172 g/mol. The first kappa shape index (κ1) is 9.54. The normalized spacial score (nSPS) is 13.2. The van der Waals surface area contributed by atoms with Crippen molar-refractivity contribution >= 4 is 11.8 Å². The van der Waals surface area contributed by atoms with Gasteiger partial charge in [-0.3, -0.25) is 4.68 Å². The molecule has 1 aromatic rings. The summed E-state index contributed by atoms with van der Waals surface area (Å²) in [6.45, 7) is 2.83. The lowest BCUT2D eigenvalue weighted by molar-refractivity contribution is 0.714. The third kappa shape index (κ3) is 2.83. The van der Waals surface area contributed by atoms with E-state index in [1.807, 2.05) is 13.2 Å². The van der Waals surface area contributed by atoms with Crippen molar-refractivity contribution in [3.63, 3.8) is 0 Å². The van der Waals surface area contributed by atoms with Crippen LogP contribution >= 0.6 is 11.8 Å². The first-order valence-electron chi connectivity index (χ1n) is 3.89. The van der Waals surface area contributed by atoms with Crippen molar-refractivity contribution in [1.29, 1.82) is 0 Å². The molecule has 1 unspecified atom stereocenters. The molecule has 0 spiro atoms. The van der Waals surface area contributed by atoms with Gasteiger partial charge < -0.3 is 5.73 Å². The molecule has 2 N–H and O–H groups in total. The summed E-state index contributed by atoms with van der Waals surface area (Å²) in [7, 11) is 1.87. The number of aromatic nitrogens is 3. The summed E-state index contributed by atoms with van der Waals surface area (Å²) in [5.41, 5.74) is 6.50. The molecule has 0 saturated heterocycles. The number of hydrogen-bond donors (Lipinski definition) is 1. The zero-order valence-electron chi connectivity index (χ0n) is 7.40. The van der Waals surface area contributed by atoms with E-state index in [4.69, 9.17) is 5.73 Å². The second-order valence-corrected chi connectivity index (χ2v) is 4.17. The summed E-state index contributed by atoms with van der Waals surface area (Å²) < 4.78 is 1.71. The number of nitrogens with two attached hydrogens (primary N) is 1. The molecule has 0 aliphatic rings. The summed E-state index contributed by atoms with van der Waals surface area (Å²) >= 11 is 1.80. The van der Waals surface area contributed by atoms with Crippen LogP contribution in [0.3, 0.4) is 0 Å². The predicted molar refractivity (Wildman–Crippen MR) is 50.8 cm³/mol. The van der Waals surface area contributed by atoms with E-state index in [1.165, 1.54) is 0 Å². The first-order chi connectivity index (χ1) is 5.72. The molecule has 0 radical (unpaired) electrons. The van der Waals surface area contributed by atoms with Crippen molar-refractivity contribution in [2.24, 2.45) is 12.8 Å². The lowest BCUT2D eigenvalue weighted by Crippen LogP contribution is -2.12. The molecule has 12 heavy (non-hydrogen) atoms. The summed E-state index contributed by atoms with van der Waals surface area (Å²) in [5.74, 6) is 0.895. The molecule has 0 aromatic carbocycles. The van der Waals surface area contributed by atoms with Crippen LogP contribution in [0.4, 0.5) is 0 Å². The van der Waals surface area contributed by atoms with E-state index in [-0.39, 0.29) is 0 Å². The molecule has 1 atom stereocenters. The quantitative estimate of drug-likeness (QED) is 0.739. The van der Waals surface area contributed by atoms with Crippen molar-refractivity contribution < 1.29 is 0 Å². The average molecular weight is 186 g/mol. The Morgan fingerprint density at radius 2 is 2.50 bits per heavy atom. The minimum Gasteiger partial charge on any atom is -0.329 e. The fraction of sp³-hybridized carbons (Fsp3) is 0.714. The first-order valence-corrected chi connectivity index (χ1v) is 4.94. The minimum absolute atomic E-state index is 0.493. The van der Waals surface area contributed by atoms with E-state index in [0.717, 1.165) is 11.4 Å². The largest absolute Gasteiger partial charge is 0.329 e. The van der Waals surface area contributed by atoms with Crippen LogP contribution in [0.1, 0.15) is 12.6 Å². The lowest BCUT2D eigenvalue weighted by Gasteiger charge is -2.04. The maximum Gasteiger partial charge on any atom is 0.0925 e. The van der Waals surface area contributed by atoms with Gasteiger partial charge in [0.25, 0.3) is 0 Å². The number of thioether (sulfide) groups is 1. The monoisotopic (exact) mass is 186 g/mol. The molecule has 0 fully saturated rings. The van der Waals surface area contributed by atoms with Crippen molar-refractivity contribution in [3.05, 3.63) is 11.9 Å². The maximum absolute atomic E-state index is 5.48. The molecule has 0 aliphatic carbocycles. The van der Waals surface area contributed by atoms with Gasteiger partial charge in [0.1, 0.15) is 0 Å². The summed E-state index contributed by atoms with van der Waals surface area (Å²) in [5, 5.41) is 8.31. The van der Waals surface area contributed by atoms with Crippen LogP contribution in [-0.2, 0) is 12.8 Å². The Labute approximate surface area is 76.5 Å². The number of hydrogen-bond acceptors (Lipinski definition) is 4. The molecule has 0 saturated carbocycles. The van der Waals surface area contributed by atoms with Crippen LogP contribution < -0.4 is 5.73 Å². The van der Waals surface area contributed by atoms with Crippen molar-refractivity contribution in [3.8, 4) is 0 Å². The number of nitrogens with zero attached hydrogens (tertiary/aromatic N) is 3. The van der Waals surface area contributed by atoms with Gasteiger partial charge in [-0.25, -0.2) is 0 Å². The van der Waals surface area contributed by atoms with E-state index in [1.54, 1.807) is 16.4 Å². The van der Waals surface area contributed by atoms with Gasteiger partial charge in [-0.15, -0.1) is 5.10 Å². The number of rotatable bonds is 4. The Kier molecular flexibility index (Phi) is 3.55. The van der Waals surface area contributed by atoms with Crippen LogP contribution in [-0.4, -0.2) is 26.8 Å². The van der Waals surface area contributed by atoms with E-state index >= 15 is 0 Å². The minimum atomic E-state index is 0.493. The van der Waals surface area contributed by atoms with E-state index < -0.39 is 0 Å². The van der Waals surface area contributed by atoms with E-state index in [2.05, 4.69) is 17.2 Å². The van der Waals surface area contributed by atoms with Crippen LogP contribution in [0.25, 0.3) is 0 Å². The fourth-order valence-electron chi connectivity index (χ4n) is 0.757. The van der Waals surface area contributed by atoms with Crippen LogP contribution in [0.5, 0.6) is 0 Å². The van der Waals surface area contributed by atoms with Gasteiger partial charge in [-0.2, -0.15) is 11.8 Å². The van der Waals surface area contributed by atoms with Crippen molar-refractivity contribution in [1.82, 2.24) is 15.0 Å². The maximum atomic E-state index is 5.48. The van der Waals surface area contributed by atoms with Crippen LogP contribution in [0.15, 0.2) is 6.20 Å². The van der Waals surface area contributed by atoms with Gasteiger partial charge in [0.05, 0.1) is 5.69 Å². The predicted octanol–water partition coefficient (Wildman–Crippen LogP) is 0.396. The van der Waals surface area contributed by atoms with E-state index in [0.29, 0.717) is 11.8 Å². The Hall–Kier alpha value is -0.550. The van der Waals surface area contributed by atoms with Crippen molar-refractivity contribution in [2.75, 3.05) is 6.54 Å². The van der Waals surface area contributed by atoms with Gasteiger partial charge in [0, 0.05) is 30.8 Å².